The van der Waals surface area contributed by atoms with Gasteiger partial charge in [-0.1, -0.05) is 23.7 Å². The van der Waals surface area contributed by atoms with Crippen molar-refractivity contribution in [3.63, 3.8) is 0 Å². The highest BCUT2D eigenvalue weighted by molar-refractivity contribution is 6.32. The normalized spacial score (nSPS) is 11.0. The highest BCUT2D eigenvalue weighted by Gasteiger charge is 2.20. The van der Waals surface area contributed by atoms with Gasteiger partial charge in [0.2, 0.25) is 0 Å². The Morgan fingerprint density at radius 3 is 2.74 bits per heavy atom. The minimum atomic E-state index is -0.398. The van der Waals surface area contributed by atoms with E-state index in [4.69, 9.17) is 16.3 Å². The quantitative estimate of drug-likeness (QED) is 0.631. The predicted octanol–water partition coefficient (Wildman–Crippen LogP) is 3.03. The summed E-state index contributed by atoms with van der Waals surface area (Å²) in [6, 6.07) is 7.38. The van der Waals surface area contributed by atoms with Crippen LogP contribution < -0.4 is 5.32 Å². The fourth-order valence-electron chi connectivity index (χ4n) is 2.89. The minimum Gasteiger partial charge on any atom is -0.462 e. The van der Waals surface area contributed by atoms with Gasteiger partial charge in [-0.25, -0.2) is 9.48 Å². The second-order valence-electron chi connectivity index (χ2n) is 6.11. The van der Waals surface area contributed by atoms with Crippen molar-refractivity contribution in [2.75, 3.05) is 6.61 Å². The molecule has 3 rings (SSSR count). The van der Waals surface area contributed by atoms with Crippen LogP contribution in [0, 0.1) is 6.92 Å². The van der Waals surface area contributed by atoms with Crippen molar-refractivity contribution >= 4 is 17.6 Å². The molecule has 0 atom stereocenters. The number of rotatable bonds is 7. The lowest BCUT2D eigenvalue weighted by atomic mass is 10.2. The molecule has 1 N–H and O–H groups in total. The molecule has 0 spiro atoms. The van der Waals surface area contributed by atoms with Gasteiger partial charge in [0.05, 0.1) is 34.9 Å². The Morgan fingerprint density at radius 2 is 2.07 bits per heavy atom. The Hall–Kier alpha value is -2.64. The number of ether oxygens (including phenoxy) is 1. The number of aromatic nitrogens is 4. The van der Waals surface area contributed by atoms with Crippen LogP contribution in [0.25, 0.3) is 5.69 Å². The molecule has 3 aromatic rings. The number of hydrogen-bond donors (Lipinski definition) is 1. The number of nitrogens with one attached hydrogen (secondary N) is 1. The highest BCUT2D eigenvalue weighted by Crippen LogP contribution is 2.23. The molecule has 0 amide bonds. The summed E-state index contributed by atoms with van der Waals surface area (Å²) in [7, 11) is 1.89. The summed E-state index contributed by atoms with van der Waals surface area (Å²) in [4.78, 5) is 12.3. The van der Waals surface area contributed by atoms with Crippen molar-refractivity contribution in [3.8, 4) is 5.69 Å². The van der Waals surface area contributed by atoms with E-state index in [9.17, 15) is 4.79 Å². The molecule has 27 heavy (non-hydrogen) atoms. The maximum absolute atomic E-state index is 12.3. The fraction of sp³-hybridized carbons (Fsp3) is 0.316. The summed E-state index contributed by atoms with van der Waals surface area (Å²) >= 11 is 6.33. The first-order chi connectivity index (χ1) is 13.0. The van der Waals surface area contributed by atoms with Gasteiger partial charge < -0.3 is 10.1 Å². The van der Waals surface area contributed by atoms with Crippen LogP contribution >= 0.6 is 11.6 Å². The average Bonchev–Trinajstić information content (AvgIpc) is 3.19. The van der Waals surface area contributed by atoms with E-state index in [1.54, 1.807) is 22.4 Å². The molecule has 0 unspecified atom stereocenters. The molecular weight excluding hydrogens is 366 g/mol. The Kier molecular flexibility index (Phi) is 5.93. The lowest BCUT2D eigenvalue weighted by Crippen LogP contribution is -2.19. The number of carbonyl (C=O) groups is 1. The first-order valence-corrected chi connectivity index (χ1v) is 9.07. The summed E-state index contributed by atoms with van der Waals surface area (Å²) in [5.74, 6) is -0.398. The molecule has 142 valence electrons. The maximum Gasteiger partial charge on any atom is 0.341 e. The van der Waals surface area contributed by atoms with Gasteiger partial charge in [-0.15, -0.1) is 0 Å². The zero-order chi connectivity index (χ0) is 19.4. The molecule has 2 aromatic heterocycles. The smallest absolute Gasteiger partial charge is 0.341 e. The zero-order valence-corrected chi connectivity index (χ0v) is 16.3. The largest absolute Gasteiger partial charge is 0.462 e. The lowest BCUT2D eigenvalue weighted by molar-refractivity contribution is 0.0525. The SMILES string of the molecule is CCOC(=O)c1cnn(-c2ccccc2Cl)c1CNCc1cn(C)nc1C. The van der Waals surface area contributed by atoms with Crippen molar-refractivity contribution in [1.29, 1.82) is 0 Å². The topological polar surface area (TPSA) is 74.0 Å². The van der Waals surface area contributed by atoms with Crippen LogP contribution in [-0.2, 0) is 24.9 Å². The van der Waals surface area contributed by atoms with Gasteiger partial charge in [-0.3, -0.25) is 4.68 Å². The predicted molar refractivity (Wildman–Crippen MR) is 103 cm³/mol. The first-order valence-electron chi connectivity index (χ1n) is 8.70. The summed E-state index contributed by atoms with van der Waals surface area (Å²) in [6.07, 6.45) is 3.49. The first kappa shape index (κ1) is 19.1. The van der Waals surface area contributed by atoms with E-state index in [2.05, 4.69) is 15.5 Å². The molecule has 0 aliphatic carbocycles. The average molecular weight is 388 g/mol. The van der Waals surface area contributed by atoms with E-state index >= 15 is 0 Å². The molecule has 0 saturated carbocycles. The highest BCUT2D eigenvalue weighted by atomic mass is 35.5. The Morgan fingerprint density at radius 1 is 1.30 bits per heavy atom. The van der Waals surface area contributed by atoms with E-state index in [1.165, 1.54) is 6.20 Å². The number of hydrogen-bond acceptors (Lipinski definition) is 5. The number of esters is 1. The van der Waals surface area contributed by atoms with Gasteiger partial charge in [-0.05, 0) is 26.0 Å². The molecule has 0 aliphatic rings. The van der Waals surface area contributed by atoms with Crippen molar-refractivity contribution < 1.29 is 9.53 Å². The van der Waals surface area contributed by atoms with Crippen LogP contribution in [0.3, 0.4) is 0 Å². The minimum absolute atomic E-state index is 0.303. The molecule has 0 radical (unpaired) electrons. The van der Waals surface area contributed by atoms with Crippen LogP contribution in [0.2, 0.25) is 5.02 Å². The monoisotopic (exact) mass is 387 g/mol. The second kappa shape index (κ2) is 8.37. The summed E-state index contributed by atoms with van der Waals surface area (Å²) in [5.41, 5.74) is 3.90. The Bertz CT molecular complexity index is 947. The van der Waals surface area contributed by atoms with Gasteiger partial charge in [0.15, 0.2) is 0 Å². The van der Waals surface area contributed by atoms with Gasteiger partial charge in [0.1, 0.15) is 5.56 Å². The number of halogens is 1. The van der Waals surface area contributed by atoms with E-state index in [1.807, 2.05) is 38.4 Å². The van der Waals surface area contributed by atoms with Crippen LogP contribution in [-0.4, -0.2) is 32.1 Å². The summed E-state index contributed by atoms with van der Waals surface area (Å²) in [5, 5.41) is 12.6. The number of carbonyl (C=O) groups excluding carboxylic acids is 1. The fourth-order valence-corrected chi connectivity index (χ4v) is 3.11. The Labute approximate surface area is 162 Å². The molecule has 0 saturated heterocycles. The molecular formula is C19H22ClN5O2. The number of para-hydroxylation sites is 1. The number of nitrogens with zero attached hydrogens (tertiary/aromatic N) is 4. The molecule has 2 heterocycles. The van der Waals surface area contributed by atoms with E-state index < -0.39 is 5.97 Å². The van der Waals surface area contributed by atoms with E-state index in [-0.39, 0.29) is 0 Å². The molecule has 0 bridgehead atoms. The molecule has 0 aliphatic heterocycles. The molecule has 8 heteroatoms. The number of benzene rings is 1. The van der Waals surface area contributed by atoms with E-state index in [0.717, 1.165) is 11.3 Å². The van der Waals surface area contributed by atoms with Gasteiger partial charge in [0, 0.05) is 31.9 Å². The van der Waals surface area contributed by atoms with Crippen LogP contribution in [0.4, 0.5) is 0 Å². The van der Waals surface area contributed by atoms with Crippen molar-refractivity contribution in [2.45, 2.75) is 26.9 Å². The summed E-state index contributed by atoms with van der Waals surface area (Å²) in [6.45, 7) is 5.09. The molecule has 7 nitrogen and oxygen atoms in total. The van der Waals surface area contributed by atoms with Crippen molar-refractivity contribution in [3.05, 3.63) is 64.2 Å². The molecule has 1 aromatic carbocycles. The lowest BCUT2D eigenvalue weighted by Gasteiger charge is -2.12. The second-order valence-corrected chi connectivity index (χ2v) is 6.51. The van der Waals surface area contributed by atoms with Crippen molar-refractivity contribution in [1.82, 2.24) is 24.9 Å². The van der Waals surface area contributed by atoms with Gasteiger partial charge >= 0.3 is 5.97 Å². The van der Waals surface area contributed by atoms with Crippen LogP contribution in [0.5, 0.6) is 0 Å². The van der Waals surface area contributed by atoms with E-state index in [0.29, 0.717) is 41.7 Å². The van der Waals surface area contributed by atoms with Crippen molar-refractivity contribution in [2.24, 2.45) is 7.05 Å². The number of aryl methyl sites for hydroxylation is 2. The molecule has 0 fully saturated rings. The third kappa shape index (κ3) is 4.20. The maximum atomic E-state index is 12.3. The third-order valence-electron chi connectivity index (χ3n) is 4.17. The van der Waals surface area contributed by atoms with Gasteiger partial charge in [-0.2, -0.15) is 10.2 Å². The summed E-state index contributed by atoms with van der Waals surface area (Å²) < 4.78 is 8.63. The zero-order valence-electron chi connectivity index (χ0n) is 15.6. The van der Waals surface area contributed by atoms with Crippen LogP contribution in [0.15, 0.2) is 36.7 Å². The Balaban J connectivity index is 1.88. The standard InChI is InChI=1S/C19H22ClN5O2/c1-4-27-19(26)15-10-22-25(17-8-6-5-7-16(17)20)18(15)11-21-9-14-12-24(3)23-13(14)2/h5-8,10,12,21H,4,9,11H2,1-3H3. The third-order valence-corrected chi connectivity index (χ3v) is 4.49. The van der Waals surface area contributed by atoms with Crippen LogP contribution in [0.1, 0.15) is 34.2 Å². The van der Waals surface area contributed by atoms with Gasteiger partial charge in [0.25, 0.3) is 0 Å².